The van der Waals surface area contributed by atoms with E-state index >= 15 is 0 Å². The van der Waals surface area contributed by atoms with Gasteiger partial charge in [-0.25, -0.2) is 9.37 Å². The average molecular weight is 339 g/mol. The summed E-state index contributed by atoms with van der Waals surface area (Å²) in [5.41, 5.74) is 8.06. The van der Waals surface area contributed by atoms with Gasteiger partial charge in [0.15, 0.2) is 5.82 Å². The normalized spacial score (nSPS) is 10.4. The monoisotopic (exact) mass is 339 g/mol. The molecular formula is C18H18FN5O. The van der Waals surface area contributed by atoms with Crippen LogP contribution in [0.4, 0.5) is 27.5 Å². The van der Waals surface area contributed by atoms with Crippen LogP contribution in [0, 0.1) is 5.82 Å². The molecule has 2 aromatic carbocycles. The Morgan fingerprint density at radius 1 is 1.04 bits per heavy atom. The molecule has 0 radical (unpaired) electrons. The minimum Gasteiger partial charge on any atom is -0.508 e. The Hall–Kier alpha value is -3.35. The first-order valence-electron chi connectivity index (χ1n) is 7.77. The van der Waals surface area contributed by atoms with Crippen LogP contribution in [0.15, 0.2) is 54.7 Å². The number of hydrogen-bond acceptors (Lipinski definition) is 6. The number of nitrogens with zero attached hydrogens (tertiary/aromatic N) is 2. The predicted molar refractivity (Wildman–Crippen MR) is 96.4 cm³/mol. The van der Waals surface area contributed by atoms with Gasteiger partial charge in [-0.15, -0.1) is 0 Å². The molecule has 0 amide bonds. The first-order valence-corrected chi connectivity index (χ1v) is 7.77. The fraction of sp³-hybridized carbons (Fsp3) is 0.111. The Bertz CT molecular complexity index is 837. The third-order valence-electron chi connectivity index (χ3n) is 3.56. The SMILES string of the molecule is Nc1cnc(NCCc2ccc(O)cc2)nc1Nc1ccc(F)cc1. The largest absolute Gasteiger partial charge is 0.508 e. The van der Waals surface area contributed by atoms with Crippen molar-refractivity contribution in [2.75, 3.05) is 22.9 Å². The maximum absolute atomic E-state index is 13.0. The van der Waals surface area contributed by atoms with Gasteiger partial charge in [0.1, 0.15) is 11.6 Å². The highest BCUT2D eigenvalue weighted by Crippen LogP contribution is 2.21. The lowest BCUT2D eigenvalue weighted by Gasteiger charge is -2.11. The number of anilines is 4. The van der Waals surface area contributed by atoms with E-state index in [0.29, 0.717) is 29.7 Å². The quantitative estimate of drug-likeness (QED) is 0.550. The molecule has 0 saturated heterocycles. The summed E-state index contributed by atoms with van der Waals surface area (Å²) < 4.78 is 13.0. The molecule has 0 aliphatic rings. The molecule has 3 aromatic rings. The third kappa shape index (κ3) is 4.57. The summed E-state index contributed by atoms with van der Waals surface area (Å²) in [6.07, 6.45) is 2.27. The maximum Gasteiger partial charge on any atom is 0.224 e. The summed E-state index contributed by atoms with van der Waals surface area (Å²) in [7, 11) is 0. The summed E-state index contributed by atoms with van der Waals surface area (Å²) >= 11 is 0. The predicted octanol–water partition coefficient (Wildman–Crippen LogP) is 3.30. The van der Waals surface area contributed by atoms with Gasteiger partial charge in [-0.05, 0) is 48.4 Å². The smallest absolute Gasteiger partial charge is 0.224 e. The van der Waals surface area contributed by atoms with E-state index in [0.717, 1.165) is 12.0 Å². The lowest BCUT2D eigenvalue weighted by molar-refractivity contribution is 0.475. The second-order valence-corrected chi connectivity index (χ2v) is 5.47. The summed E-state index contributed by atoms with van der Waals surface area (Å²) in [6.45, 7) is 0.630. The van der Waals surface area contributed by atoms with Crippen LogP contribution in [-0.4, -0.2) is 21.6 Å². The summed E-state index contributed by atoms with van der Waals surface area (Å²) in [6, 6.07) is 13.0. The Labute approximate surface area is 144 Å². The molecule has 0 aliphatic heterocycles. The molecule has 0 spiro atoms. The van der Waals surface area contributed by atoms with Gasteiger partial charge in [0, 0.05) is 12.2 Å². The summed E-state index contributed by atoms with van der Waals surface area (Å²) in [4.78, 5) is 8.50. The second-order valence-electron chi connectivity index (χ2n) is 5.47. The molecule has 0 bridgehead atoms. The first-order chi connectivity index (χ1) is 12.1. The molecule has 0 atom stereocenters. The molecule has 25 heavy (non-hydrogen) atoms. The van der Waals surface area contributed by atoms with Gasteiger partial charge >= 0.3 is 0 Å². The number of aromatic nitrogens is 2. The van der Waals surface area contributed by atoms with Crippen LogP contribution in [0.2, 0.25) is 0 Å². The zero-order chi connectivity index (χ0) is 17.6. The minimum absolute atomic E-state index is 0.245. The van der Waals surface area contributed by atoms with Gasteiger partial charge in [-0.2, -0.15) is 4.98 Å². The van der Waals surface area contributed by atoms with Crippen LogP contribution in [0.1, 0.15) is 5.56 Å². The second kappa shape index (κ2) is 7.48. The zero-order valence-corrected chi connectivity index (χ0v) is 13.4. The van der Waals surface area contributed by atoms with E-state index in [-0.39, 0.29) is 11.6 Å². The van der Waals surface area contributed by atoms with E-state index in [2.05, 4.69) is 20.6 Å². The van der Waals surface area contributed by atoms with Crippen molar-refractivity contribution >= 4 is 23.1 Å². The molecule has 6 nitrogen and oxygen atoms in total. The van der Waals surface area contributed by atoms with E-state index in [4.69, 9.17) is 5.73 Å². The fourth-order valence-corrected chi connectivity index (χ4v) is 2.23. The Balaban J connectivity index is 1.62. The molecule has 1 heterocycles. The highest BCUT2D eigenvalue weighted by atomic mass is 19.1. The van der Waals surface area contributed by atoms with Gasteiger partial charge in [0.05, 0.1) is 11.9 Å². The standard InChI is InChI=1S/C18H18FN5O/c19-13-3-5-14(6-4-13)23-17-16(20)11-22-18(24-17)21-10-9-12-1-7-15(25)8-2-12/h1-8,11,25H,9-10,20H2,(H2,21,22,23,24). The van der Waals surface area contributed by atoms with Crippen LogP contribution in [0.5, 0.6) is 5.75 Å². The Kier molecular flexibility index (Phi) is 4.94. The fourth-order valence-electron chi connectivity index (χ4n) is 2.23. The van der Waals surface area contributed by atoms with Crippen LogP contribution >= 0.6 is 0 Å². The molecule has 128 valence electrons. The molecule has 1 aromatic heterocycles. The number of rotatable bonds is 6. The van der Waals surface area contributed by atoms with Crippen molar-refractivity contribution in [3.05, 3.63) is 66.1 Å². The van der Waals surface area contributed by atoms with Crippen LogP contribution in [0.25, 0.3) is 0 Å². The topological polar surface area (TPSA) is 96.1 Å². The molecule has 0 saturated carbocycles. The Morgan fingerprint density at radius 3 is 2.48 bits per heavy atom. The number of nitrogens with one attached hydrogen (secondary N) is 2. The molecule has 7 heteroatoms. The Morgan fingerprint density at radius 2 is 1.76 bits per heavy atom. The van der Waals surface area contributed by atoms with Crippen molar-refractivity contribution in [3.8, 4) is 5.75 Å². The van der Waals surface area contributed by atoms with Crippen molar-refractivity contribution in [3.63, 3.8) is 0 Å². The van der Waals surface area contributed by atoms with E-state index in [1.807, 2.05) is 12.1 Å². The minimum atomic E-state index is -0.308. The number of halogens is 1. The van der Waals surface area contributed by atoms with Crippen molar-refractivity contribution < 1.29 is 9.50 Å². The van der Waals surface area contributed by atoms with Crippen molar-refractivity contribution in [2.45, 2.75) is 6.42 Å². The maximum atomic E-state index is 13.0. The van der Waals surface area contributed by atoms with Gasteiger partial charge in [0.2, 0.25) is 5.95 Å². The van der Waals surface area contributed by atoms with Crippen molar-refractivity contribution in [2.24, 2.45) is 0 Å². The third-order valence-corrected chi connectivity index (χ3v) is 3.56. The molecule has 3 rings (SSSR count). The zero-order valence-electron chi connectivity index (χ0n) is 13.4. The van der Waals surface area contributed by atoms with E-state index in [1.54, 1.807) is 24.3 Å². The van der Waals surface area contributed by atoms with Crippen LogP contribution in [-0.2, 0) is 6.42 Å². The van der Waals surface area contributed by atoms with E-state index < -0.39 is 0 Å². The highest BCUT2D eigenvalue weighted by Gasteiger charge is 2.05. The van der Waals surface area contributed by atoms with E-state index in [9.17, 15) is 9.50 Å². The molecule has 5 N–H and O–H groups in total. The van der Waals surface area contributed by atoms with Crippen LogP contribution in [0.3, 0.4) is 0 Å². The number of nitrogen functional groups attached to an aromatic ring is 1. The number of phenolic OH excluding ortho intramolecular Hbond substituents is 1. The molecule has 0 unspecified atom stereocenters. The summed E-state index contributed by atoms with van der Waals surface area (Å²) in [5.74, 6) is 0.833. The van der Waals surface area contributed by atoms with E-state index in [1.165, 1.54) is 18.3 Å². The molecule has 0 aliphatic carbocycles. The van der Waals surface area contributed by atoms with Gasteiger partial charge in [-0.1, -0.05) is 12.1 Å². The number of hydrogen-bond donors (Lipinski definition) is 4. The van der Waals surface area contributed by atoms with Crippen molar-refractivity contribution in [1.29, 1.82) is 0 Å². The van der Waals surface area contributed by atoms with Crippen LogP contribution < -0.4 is 16.4 Å². The highest BCUT2D eigenvalue weighted by molar-refractivity contribution is 5.68. The molecule has 0 fully saturated rings. The first kappa shape index (κ1) is 16.5. The number of benzene rings is 2. The molecular weight excluding hydrogens is 321 g/mol. The number of nitrogens with two attached hydrogens (primary N) is 1. The van der Waals surface area contributed by atoms with Gasteiger partial charge < -0.3 is 21.5 Å². The number of aromatic hydroxyl groups is 1. The lowest BCUT2D eigenvalue weighted by atomic mass is 10.1. The van der Waals surface area contributed by atoms with Gasteiger partial charge in [-0.3, -0.25) is 0 Å². The lowest BCUT2D eigenvalue weighted by Crippen LogP contribution is -2.10. The number of phenols is 1. The van der Waals surface area contributed by atoms with Crippen molar-refractivity contribution in [1.82, 2.24) is 9.97 Å². The van der Waals surface area contributed by atoms with Gasteiger partial charge in [0.25, 0.3) is 0 Å². The average Bonchev–Trinajstić information content (AvgIpc) is 2.61. The summed E-state index contributed by atoms with van der Waals surface area (Å²) in [5, 5.41) is 15.5.